The number of rotatable bonds is 11. The lowest BCUT2D eigenvalue weighted by atomic mass is 10.0. The van der Waals surface area contributed by atoms with Crippen molar-refractivity contribution in [3.05, 3.63) is 59.7 Å². The van der Waals surface area contributed by atoms with E-state index >= 15 is 0 Å². The zero-order valence-corrected chi connectivity index (χ0v) is 20.1. The number of ether oxygens (including phenoxy) is 2. The van der Waals surface area contributed by atoms with Crippen LogP contribution in [0, 0.1) is 0 Å². The monoisotopic (exact) mass is 440 g/mol. The number of carbonyl (C=O) groups is 2. The largest absolute Gasteiger partial charge is 0.497 e. The van der Waals surface area contributed by atoms with Crippen molar-refractivity contribution in [1.29, 1.82) is 0 Å². The van der Waals surface area contributed by atoms with E-state index in [1.807, 2.05) is 62.4 Å². The summed E-state index contributed by atoms with van der Waals surface area (Å²) in [7, 11) is 1.60. The van der Waals surface area contributed by atoms with E-state index in [2.05, 4.69) is 19.2 Å². The Hall–Kier alpha value is -3.02. The van der Waals surface area contributed by atoms with Crippen LogP contribution in [0.4, 0.5) is 0 Å². The molecule has 0 heterocycles. The van der Waals surface area contributed by atoms with Gasteiger partial charge in [0.2, 0.25) is 5.91 Å². The quantitative estimate of drug-likeness (QED) is 0.557. The molecule has 1 N–H and O–H groups in total. The van der Waals surface area contributed by atoms with E-state index in [1.54, 1.807) is 18.9 Å². The molecule has 32 heavy (non-hydrogen) atoms. The highest BCUT2D eigenvalue weighted by Gasteiger charge is 2.27. The summed E-state index contributed by atoms with van der Waals surface area (Å²) in [5.41, 5.74) is 1.92. The van der Waals surface area contributed by atoms with E-state index in [4.69, 9.17) is 9.47 Å². The van der Waals surface area contributed by atoms with Crippen LogP contribution in [0.2, 0.25) is 0 Å². The van der Waals surface area contributed by atoms with Crippen molar-refractivity contribution in [3.63, 3.8) is 0 Å². The third-order valence-electron chi connectivity index (χ3n) is 5.55. The lowest BCUT2D eigenvalue weighted by molar-refractivity contribution is -0.142. The molecular weight excluding hydrogens is 404 g/mol. The minimum atomic E-state index is -0.647. The number of methoxy groups -OCH3 is 1. The molecular formula is C26H36N2O4. The van der Waals surface area contributed by atoms with Crippen LogP contribution < -0.4 is 14.8 Å². The standard InChI is InChI=1S/C26H36N2O4/c1-7-19(4)27-26(30)20(5)28(16-21-11-10-12-22(15-21)31-6)25(29)17-32-24-14-9-8-13-23(24)18(2)3/h8-15,18-20H,7,16-17H2,1-6H3,(H,27,30). The SMILES string of the molecule is CCC(C)NC(=O)C(C)N(Cc1cccc(OC)c1)C(=O)COc1ccccc1C(C)C. The molecule has 0 bridgehead atoms. The van der Waals surface area contributed by atoms with Crippen LogP contribution in [0.5, 0.6) is 11.5 Å². The molecule has 2 unspecified atom stereocenters. The Balaban J connectivity index is 2.22. The molecule has 2 atom stereocenters. The highest BCUT2D eigenvalue weighted by molar-refractivity contribution is 5.88. The first-order valence-corrected chi connectivity index (χ1v) is 11.2. The average molecular weight is 441 g/mol. The number of benzene rings is 2. The Kier molecular flexibility index (Phi) is 9.57. The number of hydrogen-bond acceptors (Lipinski definition) is 4. The highest BCUT2D eigenvalue weighted by Crippen LogP contribution is 2.26. The van der Waals surface area contributed by atoms with Gasteiger partial charge in [-0.15, -0.1) is 0 Å². The smallest absolute Gasteiger partial charge is 0.261 e. The summed E-state index contributed by atoms with van der Waals surface area (Å²) < 4.78 is 11.2. The van der Waals surface area contributed by atoms with Crippen LogP contribution >= 0.6 is 0 Å². The molecule has 174 valence electrons. The summed E-state index contributed by atoms with van der Waals surface area (Å²) in [5.74, 6) is 1.23. The van der Waals surface area contributed by atoms with Crippen molar-refractivity contribution in [1.82, 2.24) is 10.2 Å². The predicted molar refractivity (Wildman–Crippen MR) is 127 cm³/mol. The number of carbonyl (C=O) groups excluding carboxylic acids is 2. The number of hydrogen-bond donors (Lipinski definition) is 1. The molecule has 0 saturated carbocycles. The fourth-order valence-electron chi connectivity index (χ4n) is 3.33. The van der Waals surface area contributed by atoms with Gasteiger partial charge in [0.1, 0.15) is 17.5 Å². The lowest BCUT2D eigenvalue weighted by Crippen LogP contribution is -2.50. The molecule has 0 fully saturated rings. The highest BCUT2D eigenvalue weighted by atomic mass is 16.5. The zero-order valence-electron chi connectivity index (χ0n) is 20.1. The maximum Gasteiger partial charge on any atom is 0.261 e. The molecule has 0 spiro atoms. The Bertz CT molecular complexity index is 897. The van der Waals surface area contributed by atoms with Gasteiger partial charge in [-0.3, -0.25) is 9.59 Å². The maximum absolute atomic E-state index is 13.2. The number of para-hydroxylation sites is 1. The van der Waals surface area contributed by atoms with Crippen molar-refractivity contribution in [2.75, 3.05) is 13.7 Å². The Morgan fingerprint density at radius 1 is 1.03 bits per heavy atom. The van der Waals surface area contributed by atoms with Crippen molar-refractivity contribution < 1.29 is 19.1 Å². The molecule has 2 amide bonds. The molecule has 0 aromatic heterocycles. The summed E-state index contributed by atoms with van der Waals surface area (Å²) in [6.07, 6.45) is 0.817. The summed E-state index contributed by atoms with van der Waals surface area (Å²) >= 11 is 0. The van der Waals surface area contributed by atoms with E-state index < -0.39 is 6.04 Å². The normalized spacial score (nSPS) is 12.7. The Labute approximate surface area is 191 Å². The fourth-order valence-corrected chi connectivity index (χ4v) is 3.33. The van der Waals surface area contributed by atoms with Gasteiger partial charge in [-0.05, 0) is 55.5 Å². The van der Waals surface area contributed by atoms with Crippen LogP contribution in [-0.4, -0.2) is 42.5 Å². The minimum absolute atomic E-state index is 0.0351. The first kappa shape index (κ1) is 25.2. The van der Waals surface area contributed by atoms with Gasteiger partial charge in [-0.1, -0.05) is 51.1 Å². The first-order valence-electron chi connectivity index (χ1n) is 11.2. The Morgan fingerprint density at radius 3 is 2.41 bits per heavy atom. The van der Waals surface area contributed by atoms with Crippen LogP contribution in [0.15, 0.2) is 48.5 Å². The second kappa shape index (κ2) is 12.1. The molecule has 6 heteroatoms. The van der Waals surface area contributed by atoms with E-state index in [0.717, 1.165) is 17.5 Å². The first-order chi connectivity index (χ1) is 15.3. The molecule has 2 aromatic rings. The van der Waals surface area contributed by atoms with Crippen LogP contribution in [0.1, 0.15) is 58.1 Å². The van der Waals surface area contributed by atoms with Gasteiger partial charge >= 0.3 is 0 Å². The van der Waals surface area contributed by atoms with Gasteiger partial charge in [-0.25, -0.2) is 0 Å². The van der Waals surface area contributed by atoms with Gasteiger partial charge in [0.15, 0.2) is 6.61 Å². The molecule has 2 aromatic carbocycles. The summed E-state index contributed by atoms with van der Waals surface area (Å²) in [4.78, 5) is 27.6. The summed E-state index contributed by atoms with van der Waals surface area (Å²) in [6.45, 7) is 10.0. The van der Waals surface area contributed by atoms with Gasteiger partial charge in [0.05, 0.1) is 7.11 Å². The molecule has 6 nitrogen and oxygen atoms in total. The number of nitrogens with one attached hydrogen (secondary N) is 1. The molecule has 0 aliphatic carbocycles. The van der Waals surface area contributed by atoms with Crippen LogP contribution in [-0.2, 0) is 16.1 Å². The Morgan fingerprint density at radius 2 is 1.75 bits per heavy atom. The predicted octanol–water partition coefficient (Wildman–Crippen LogP) is 4.53. The summed E-state index contributed by atoms with van der Waals surface area (Å²) in [5, 5.41) is 2.97. The van der Waals surface area contributed by atoms with Gasteiger partial charge in [0, 0.05) is 12.6 Å². The van der Waals surface area contributed by atoms with Crippen LogP contribution in [0.3, 0.4) is 0 Å². The van der Waals surface area contributed by atoms with Crippen LogP contribution in [0.25, 0.3) is 0 Å². The van der Waals surface area contributed by atoms with E-state index in [-0.39, 0.29) is 36.9 Å². The zero-order chi connectivity index (χ0) is 23.7. The number of nitrogens with zero attached hydrogens (tertiary/aromatic N) is 1. The van der Waals surface area contributed by atoms with Gasteiger partial charge < -0.3 is 19.7 Å². The molecule has 0 radical (unpaired) electrons. The van der Waals surface area contributed by atoms with Crippen molar-refractivity contribution >= 4 is 11.8 Å². The van der Waals surface area contributed by atoms with Crippen molar-refractivity contribution in [2.45, 2.75) is 65.6 Å². The number of amides is 2. The van der Waals surface area contributed by atoms with E-state index in [9.17, 15) is 9.59 Å². The lowest BCUT2D eigenvalue weighted by Gasteiger charge is -2.30. The third kappa shape index (κ3) is 7.01. The maximum atomic E-state index is 13.2. The molecule has 0 saturated heterocycles. The summed E-state index contributed by atoms with van der Waals surface area (Å²) in [6, 6.07) is 14.6. The molecule has 0 aliphatic rings. The second-order valence-corrected chi connectivity index (χ2v) is 8.35. The van der Waals surface area contributed by atoms with Crippen molar-refractivity contribution in [2.24, 2.45) is 0 Å². The van der Waals surface area contributed by atoms with E-state index in [0.29, 0.717) is 11.5 Å². The molecule has 0 aliphatic heterocycles. The average Bonchev–Trinajstić information content (AvgIpc) is 2.80. The van der Waals surface area contributed by atoms with E-state index in [1.165, 1.54) is 0 Å². The molecule has 2 rings (SSSR count). The van der Waals surface area contributed by atoms with Crippen molar-refractivity contribution in [3.8, 4) is 11.5 Å². The second-order valence-electron chi connectivity index (χ2n) is 8.35. The van der Waals surface area contributed by atoms with Gasteiger partial charge in [-0.2, -0.15) is 0 Å². The topological polar surface area (TPSA) is 67.9 Å². The fraction of sp³-hybridized carbons (Fsp3) is 0.462. The van der Waals surface area contributed by atoms with Gasteiger partial charge in [0.25, 0.3) is 5.91 Å². The third-order valence-corrected chi connectivity index (χ3v) is 5.55. The minimum Gasteiger partial charge on any atom is -0.497 e.